The zero-order valence-corrected chi connectivity index (χ0v) is 20.2. The largest absolute Gasteiger partial charge is 0.491 e. The molecule has 2 aliphatic rings. The smallest absolute Gasteiger partial charge is 0.325 e. The Morgan fingerprint density at radius 1 is 1.29 bits per heavy atom. The molecule has 0 aliphatic carbocycles. The Morgan fingerprint density at radius 2 is 2.18 bits per heavy atom. The van der Waals surface area contributed by atoms with E-state index in [9.17, 15) is 9.90 Å². The van der Waals surface area contributed by atoms with Crippen molar-refractivity contribution in [3.8, 4) is 5.75 Å². The molecule has 1 saturated heterocycles. The van der Waals surface area contributed by atoms with Crippen LogP contribution >= 0.6 is 0 Å². The van der Waals surface area contributed by atoms with Gasteiger partial charge >= 0.3 is 5.97 Å². The van der Waals surface area contributed by atoms with Gasteiger partial charge in [0.25, 0.3) is 0 Å². The number of rotatable bonds is 11. The Balaban J connectivity index is 1.24. The SMILES string of the molecule is CC(C)Oc1ccncc1C(C(=O)O)N1CC[C@@H](OCCCCc2ccc3c(n2)NCCC3)C1. The third kappa shape index (κ3) is 6.24. The summed E-state index contributed by atoms with van der Waals surface area (Å²) in [7, 11) is 0. The van der Waals surface area contributed by atoms with Gasteiger partial charge in [0.2, 0.25) is 0 Å². The summed E-state index contributed by atoms with van der Waals surface area (Å²) in [4.78, 5) is 23.1. The Morgan fingerprint density at radius 3 is 3.00 bits per heavy atom. The van der Waals surface area contributed by atoms with Crippen molar-refractivity contribution in [2.24, 2.45) is 0 Å². The van der Waals surface area contributed by atoms with Gasteiger partial charge < -0.3 is 19.9 Å². The zero-order chi connectivity index (χ0) is 23.9. The molecule has 0 spiro atoms. The van der Waals surface area contributed by atoms with Crippen LogP contribution in [-0.2, 0) is 22.4 Å². The van der Waals surface area contributed by atoms with Crippen molar-refractivity contribution in [2.75, 3.05) is 31.6 Å². The molecule has 184 valence electrons. The number of anilines is 1. The number of pyridine rings is 2. The third-order valence-corrected chi connectivity index (χ3v) is 6.38. The highest BCUT2D eigenvalue weighted by molar-refractivity contribution is 5.76. The van der Waals surface area contributed by atoms with Crippen molar-refractivity contribution in [1.29, 1.82) is 0 Å². The first kappa shape index (κ1) is 24.4. The van der Waals surface area contributed by atoms with Crippen LogP contribution in [0.2, 0.25) is 0 Å². The summed E-state index contributed by atoms with van der Waals surface area (Å²) in [6.07, 6.45) is 9.26. The highest BCUT2D eigenvalue weighted by Gasteiger charge is 2.36. The highest BCUT2D eigenvalue weighted by atomic mass is 16.5. The Labute approximate surface area is 201 Å². The topological polar surface area (TPSA) is 96.8 Å². The molecule has 0 saturated carbocycles. The quantitative estimate of drug-likeness (QED) is 0.480. The normalized spacial score (nSPS) is 19.0. The number of carboxylic acid groups (broad SMARTS) is 1. The fourth-order valence-corrected chi connectivity index (χ4v) is 4.74. The number of unbranched alkanes of at least 4 members (excludes halogenated alkanes) is 1. The van der Waals surface area contributed by atoms with E-state index < -0.39 is 12.0 Å². The number of nitrogens with one attached hydrogen (secondary N) is 1. The zero-order valence-electron chi connectivity index (χ0n) is 20.2. The molecular weight excluding hydrogens is 432 g/mol. The van der Waals surface area contributed by atoms with Gasteiger partial charge in [-0.3, -0.25) is 14.7 Å². The number of aliphatic carboxylic acids is 1. The molecule has 2 N–H and O–H groups in total. The van der Waals surface area contributed by atoms with Gasteiger partial charge in [0.05, 0.1) is 12.2 Å². The van der Waals surface area contributed by atoms with Gasteiger partial charge in [0, 0.05) is 49.9 Å². The van der Waals surface area contributed by atoms with Crippen LogP contribution < -0.4 is 10.1 Å². The number of aryl methyl sites for hydroxylation is 2. The van der Waals surface area contributed by atoms with Gasteiger partial charge in [-0.2, -0.15) is 0 Å². The minimum absolute atomic E-state index is 0.0408. The second kappa shape index (κ2) is 11.6. The van der Waals surface area contributed by atoms with Crippen LogP contribution in [0.15, 0.2) is 30.6 Å². The van der Waals surface area contributed by atoms with Crippen LogP contribution in [0.1, 0.15) is 62.4 Å². The molecular formula is C26H36N4O4. The minimum Gasteiger partial charge on any atom is -0.491 e. The number of aromatic nitrogens is 2. The van der Waals surface area contributed by atoms with E-state index in [0.29, 0.717) is 31.0 Å². The first-order valence-corrected chi connectivity index (χ1v) is 12.4. The molecule has 8 heteroatoms. The summed E-state index contributed by atoms with van der Waals surface area (Å²) in [6, 6.07) is 5.29. The fraction of sp³-hybridized carbons (Fsp3) is 0.577. The van der Waals surface area contributed by atoms with E-state index in [1.54, 1.807) is 18.5 Å². The van der Waals surface area contributed by atoms with Crippen molar-refractivity contribution in [1.82, 2.24) is 14.9 Å². The fourth-order valence-electron chi connectivity index (χ4n) is 4.74. The van der Waals surface area contributed by atoms with Gasteiger partial charge in [-0.05, 0) is 70.1 Å². The maximum Gasteiger partial charge on any atom is 0.325 e. The molecule has 2 aliphatic heterocycles. The average Bonchev–Trinajstić information content (AvgIpc) is 3.27. The number of hydrogen-bond donors (Lipinski definition) is 2. The molecule has 0 radical (unpaired) electrons. The van der Waals surface area contributed by atoms with Gasteiger partial charge in [-0.25, -0.2) is 4.98 Å². The van der Waals surface area contributed by atoms with E-state index in [1.165, 1.54) is 12.0 Å². The third-order valence-electron chi connectivity index (χ3n) is 6.38. The van der Waals surface area contributed by atoms with Crippen LogP contribution in [0.5, 0.6) is 5.75 Å². The summed E-state index contributed by atoms with van der Waals surface area (Å²) in [6.45, 7) is 6.80. The summed E-state index contributed by atoms with van der Waals surface area (Å²) >= 11 is 0. The first-order valence-electron chi connectivity index (χ1n) is 12.4. The molecule has 4 heterocycles. The lowest BCUT2D eigenvalue weighted by Crippen LogP contribution is -2.34. The molecule has 0 bridgehead atoms. The van der Waals surface area contributed by atoms with Gasteiger partial charge in [-0.15, -0.1) is 0 Å². The molecule has 2 aromatic rings. The summed E-state index contributed by atoms with van der Waals surface area (Å²) < 4.78 is 12.0. The molecule has 0 amide bonds. The second-order valence-electron chi connectivity index (χ2n) is 9.40. The van der Waals surface area contributed by atoms with Crippen molar-refractivity contribution >= 4 is 11.8 Å². The molecule has 4 rings (SSSR count). The predicted molar refractivity (Wildman–Crippen MR) is 130 cm³/mol. The lowest BCUT2D eigenvalue weighted by molar-refractivity contribution is -0.143. The Hall–Kier alpha value is -2.71. The highest BCUT2D eigenvalue weighted by Crippen LogP contribution is 2.32. The average molecular weight is 469 g/mol. The summed E-state index contributed by atoms with van der Waals surface area (Å²) in [5, 5.41) is 13.4. The van der Waals surface area contributed by atoms with Crippen LogP contribution in [0.4, 0.5) is 5.82 Å². The number of ether oxygens (including phenoxy) is 2. The number of fused-ring (bicyclic) bond motifs is 1. The predicted octanol–water partition coefficient (Wildman–Crippen LogP) is 3.86. The lowest BCUT2D eigenvalue weighted by Gasteiger charge is -2.26. The van der Waals surface area contributed by atoms with E-state index in [-0.39, 0.29) is 12.2 Å². The Bertz CT molecular complexity index is 968. The second-order valence-corrected chi connectivity index (χ2v) is 9.40. The van der Waals surface area contributed by atoms with Crippen LogP contribution in [0.25, 0.3) is 0 Å². The van der Waals surface area contributed by atoms with Gasteiger partial charge in [0.15, 0.2) is 0 Å². The van der Waals surface area contributed by atoms with Gasteiger partial charge in [0.1, 0.15) is 17.6 Å². The molecule has 1 unspecified atom stereocenters. The van der Waals surface area contributed by atoms with Crippen molar-refractivity contribution < 1.29 is 19.4 Å². The maximum atomic E-state index is 12.2. The molecule has 2 aromatic heterocycles. The Kier molecular flexibility index (Phi) is 8.34. The van der Waals surface area contributed by atoms with E-state index in [4.69, 9.17) is 14.5 Å². The number of nitrogens with zero attached hydrogens (tertiary/aromatic N) is 3. The van der Waals surface area contributed by atoms with Crippen LogP contribution in [0.3, 0.4) is 0 Å². The minimum atomic E-state index is -0.894. The summed E-state index contributed by atoms with van der Waals surface area (Å²) in [5.41, 5.74) is 3.04. The molecule has 1 fully saturated rings. The number of carboxylic acids is 1. The maximum absolute atomic E-state index is 12.2. The van der Waals surface area contributed by atoms with Crippen molar-refractivity contribution in [2.45, 2.75) is 70.6 Å². The standard InChI is InChI=1S/C26H36N4O4/c1-18(2)34-23-10-13-27-16-22(23)24(26(31)32)30-14-11-21(17-30)33-15-4-3-7-20-9-8-19-6-5-12-28-25(19)29-20/h8-10,13,16,18,21,24H,3-7,11-12,14-15,17H2,1-2H3,(H,28,29)(H,31,32)/t21-,24?/m1/s1. The number of likely N-dealkylation sites (tertiary alicyclic amines) is 1. The van der Waals surface area contributed by atoms with Gasteiger partial charge in [-0.1, -0.05) is 6.07 Å². The summed E-state index contributed by atoms with van der Waals surface area (Å²) in [5.74, 6) is 0.733. The van der Waals surface area contributed by atoms with Crippen LogP contribution in [0, 0.1) is 0 Å². The molecule has 2 atom stereocenters. The monoisotopic (exact) mass is 468 g/mol. The van der Waals surface area contributed by atoms with Crippen molar-refractivity contribution in [3.63, 3.8) is 0 Å². The number of carbonyl (C=O) groups is 1. The van der Waals surface area contributed by atoms with Crippen molar-refractivity contribution in [3.05, 3.63) is 47.4 Å². The van der Waals surface area contributed by atoms with E-state index in [2.05, 4.69) is 22.4 Å². The lowest BCUT2D eigenvalue weighted by atomic mass is 10.1. The van der Waals surface area contributed by atoms with E-state index in [1.807, 2.05) is 18.7 Å². The first-order chi connectivity index (χ1) is 16.5. The molecule has 8 nitrogen and oxygen atoms in total. The van der Waals surface area contributed by atoms with E-state index >= 15 is 0 Å². The number of hydrogen-bond acceptors (Lipinski definition) is 7. The molecule has 34 heavy (non-hydrogen) atoms. The van der Waals surface area contributed by atoms with Crippen LogP contribution in [-0.4, -0.2) is 64.4 Å². The van der Waals surface area contributed by atoms with E-state index in [0.717, 1.165) is 50.2 Å². The molecule has 0 aromatic carbocycles.